The molecule has 0 radical (unpaired) electrons. The van der Waals surface area contributed by atoms with Gasteiger partial charge in [-0.2, -0.15) is 0 Å². The molecule has 1 aromatic carbocycles. The van der Waals surface area contributed by atoms with Crippen molar-refractivity contribution in [3.8, 4) is 0 Å². The number of hydrogen-bond donors (Lipinski definition) is 1. The lowest BCUT2D eigenvalue weighted by Gasteiger charge is -2.51. The summed E-state index contributed by atoms with van der Waals surface area (Å²) in [4.78, 5) is 17.2. The highest BCUT2D eigenvalue weighted by atomic mass is 19.1. The second-order valence-corrected chi connectivity index (χ2v) is 8.48. The number of allylic oxidation sites excluding steroid dienone is 1. The molecule has 2 saturated heterocycles. The van der Waals surface area contributed by atoms with E-state index in [-0.39, 0.29) is 23.2 Å². The van der Waals surface area contributed by atoms with Gasteiger partial charge in [-0.25, -0.2) is 4.39 Å². The molecule has 0 aromatic heterocycles. The van der Waals surface area contributed by atoms with Gasteiger partial charge in [0.1, 0.15) is 5.82 Å². The zero-order valence-electron chi connectivity index (χ0n) is 16.7. The van der Waals surface area contributed by atoms with Gasteiger partial charge in [0.05, 0.1) is 6.10 Å². The number of aliphatic hydroxyl groups is 1. The van der Waals surface area contributed by atoms with Gasteiger partial charge in [-0.05, 0) is 63.8 Å². The lowest BCUT2D eigenvalue weighted by Crippen LogP contribution is -2.59. The van der Waals surface area contributed by atoms with Gasteiger partial charge >= 0.3 is 0 Å². The Balaban J connectivity index is 1.75. The van der Waals surface area contributed by atoms with Crippen LogP contribution >= 0.6 is 0 Å². The Morgan fingerprint density at radius 2 is 2.11 bits per heavy atom. The first-order valence-corrected chi connectivity index (χ1v) is 9.90. The lowest BCUT2D eigenvalue weighted by atomic mass is 9.71. The van der Waals surface area contributed by atoms with Crippen LogP contribution in [0.5, 0.6) is 0 Å². The molecular formula is C22H31FN2O2. The summed E-state index contributed by atoms with van der Waals surface area (Å²) < 4.78 is 13.5. The van der Waals surface area contributed by atoms with Crippen molar-refractivity contribution in [1.29, 1.82) is 0 Å². The number of benzene rings is 1. The van der Waals surface area contributed by atoms with Gasteiger partial charge in [-0.1, -0.05) is 11.6 Å². The number of nitrogens with zero attached hydrogens (tertiary/aromatic N) is 2. The van der Waals surface area contributed by atoms with Crippen LogP contribution in [0.1, 0.15) is 49.0 Å². The van der Waals surface area contributed by atoms with Gasteiger partial charge in [0.25, 0.3) is 5.91 Å². The number of rotatable bonds is 3. The molecule has 1 amide bonds. The quantitative estimate of drug-likeness (QED) is 0.825. The monoisotopic (exact) mass is 374 g/mol. The summed E-state index contributed by atoms with van der Waals surface area (Å²) in [7, 11) is 0. The minimum Gasteiger partial charge on any atom is -0.392 e. The SMILES string of the molecule is CC(C)=CCN1CC[C@@H](O)[C@]2(CCCN(C(=O)c3ccc(F)c(C)c3)C2)C1. The first-order valence-electron chi connectivity index (χ1n) is 9.90. The van der Waals surface area contributed by atoms with Crippen molar-refractivity contribution >= 4 is 5.91 Å². The van der Waals surface area contributed by atoms with Crippen molar-refractivity contribution in [3.63, 3.8) is 0 Å². The Morgan fingerprint density at radius 1 is 1.33 bits per heavy atom. The van der Waals surface area contributed by atoms with Crippen molar-refractivity contribution in [1.82, 2.24) is 9.80 Å². The molecule has 148 valence electrons. The van der Waals surface area contributed by atoms with Crippen molar-refractivity contribution < 1.29 is 14.3 Å². The molecule has 3 rings (SSSR count). The summed E-state index contributed by atoms with van der Waals surface area (Å²) in [5, 5.41) is 10.8. The minimum absolute atomic E-state index is 0.0641. The van der Waals surface area contributed by atoms with Crippen molar-refractivity contribution in [3.05, 3.63) is 46.8 Å². The van der Waals surface area contributed by atoms with Crippen LogP contribution in [0.25, 0.3) is 0 Å². The number of piperidine rings is 2. The van der Waals surface area contributed by atoms with Gasteiger partial charge in [0.2, 0.25) is 0 Å². The van der Waals surface area contributed by atoms with Gasteiger partial charge in [-0.15, -0.1) is 0 Å². The van der Waals surface area contributed by atoms with Crippen LogP contribution in [0, 0.1) is 18.2 Å². The van der Waals surface area contributed by atoms with E-state index >= 15 is 0 Å². The average Bonchev–Trinajstić information content (AvgIpc) is 2.64. The van der Waals surface area contributed by atoms with Crippen molar-refractivity contribution in [2.75, 3.05) is 32.7 Å². The molecule has 2 aliphatic heterocycles. The van der Waals surface area contributed by atoms with Crippen molar-refractivity contribution in [2.45, 2.75) is 46.1 Å². The molecule has 2 aliphatic rings. The maximum Gasteiger partial charge on any atom is 0.253 e. The third-order valence-corrected chi connectivity index (χ3v) is 6.02. The minimum atomic E-state index is -0.383. The third-order valence-electron chi connectivity index (χ3n) is 6.02. The molecule has 2 fully saturated rings. The van der Waals surface area contributed by atoms with E-state index in [4.69, 9.17) is 0 Å². The average molecular weight is 375 g/mol. The van der Waals surface area contributed by atoms with Crippen LogP contribution in [-0.2, 0) is 0 Å². The molecule has 4 nitrogen and oxygen atoms in total. The smallest absolute Gasteiger partial charge is 0.253 e. The summed E-state index contributed by atoms with van der Waals surface area (Å²) >= 11 is 0. The predicted molar refractivity (Wildman–Crippen MR) is 105 cm³/mol. The van der Waals surface area contributed by atoms with E-state index in [0.717, 1.165) is 38.9 Å². The van der Waals surface area contributed by atoms with Crippen LogP contribution in [0.15, 0.2) is 29.8 Å². The number of likely N-dealkylation sites (tertiary alicyclic amines) is 2. The van der Waals surface area contributed by atoms with E-state index in [1.54, 1.807) is 19.1 Å². The van der Waals surface area contributed by atoms with E-state index < -0.39 is 0 Å². The second-order valence-electron chi connectivity index (χ2n) is 8.48. The number of aryl methyl sites for hydroxylation is 1. The fraction of sp³-hybridized carbons (Fsp3) is 0.591. The molecule has 27 heavy (non-hydrogen) atoms. The normalized spacial score (nSPS) is 26.3. The lowest BCUT2D eigenvalue weighted by molar-refractivity contribution is -0.0762. The number of aliphatic hydroxyl groups excluding tert-OH is 1. The largest absolute Gasteiger partial charge is 0.392 e. The van der Waals surface area contributed by atoms with Gasteiger partial charge in [-0.3, -0.25) is 9.69 Å². The van der Waals surface area contributed by atoms with E-state index in [1.807, 2.05) is 4.90 Å². The van der Waals surface area contributed by atoms with Gasteiger partial charge in [0.15, 0.2) is 0 Å². The molecule has 0 aliphatic carbocycles. The topological polar surface area (TPSA) is 43.8 Å². The van der Waals surface area contributed by atoms with E-state index in [0.29, 0.717) is 24.2 Å². The molecule has 1 aromatic rings. The number of hydrogen-bond acceptors (Lipinski definition) is 3. The van der Waals surface area contributed by atoms with E-state index in [9.17, 15) is 14.3 Å². The molecule has 5 heteroatoms. The summed E-state index contributed by atoms with van der Waals surface area (Å²) in [6, 6.07) is 4.54. The summed E-state index contributed by atoms with van der Waals surface area (Å²) in [5.41, 5.74) is 2.04. The Bertz CT molecular complexity index is 729. The standard InChI is InChI=1S/C22H31FN2O2/c1-16(2)7-11-24-12-8-20(26)22(14-24)9-4-10-25(15-22)21(27)18-5-6-19(23)17(3)13-18/h5-7,13,20,26H,4,8-12,14-15H2,1-3H3/t20-,22-/m1/s1. The van der Waals surface area contributed by atoms with Gasteiger partial charge < -0.3 is 10.0 Å². The molecule has 0 bridgehead atoms. The Kier molecular flexibility index (Phi) is 6.02. The fourth-order valence-electron chi connectivity index (χ4n) is 4.40. The van der Waals surface area contributed by atoms with Crippen LogP contribution in [-0.4, -0.2) is 59.6 Å². The molecule has 0 saturated carbocycles. The first kappa shape index (κ1) is 20.0. The van der Waals surface area contributed by atoms with E-state index in [2.05, 4.69) is 24.8 Å². The maximum absolute atomic E-state index is 13.5. The molecule has 2 heterocycles. The highest BCUT2D eigenvalue weighted by Gasteiger charge is 2.46. The van der Waals surface area contributed by atoms with Crippen LogP contribution in [0.2, 0.25) is 0 Å². The predicted octanol–water partition coefficient (Wildman–Crippen LogP) is 3.39. The summed E-state index contributed by atoms with van der Waals surface area (Å²) in [6.07, 6.45) is 4.41. The molecule has 1 spiro atoms. The number of amides is 1. The number of carbonyl (C=O) groups is 1. The van der Waals surface area contributed by atoms with E-state index in [1.165, 1.54) is 11.6 Å². The van der Waals surface area contributed by atoms with Crippen LogP contribution in [0.4, 0.5) is 4.39 Å². The highest BCUT2D eigenvalue weighted by Crippen LogP contribution is 2.39. The zero-order valence-corrected chi connectivity index (χ0v) is 16.7. The molecule has 1 N–H and O–H groups in total. The first-order chi connectivity index (χ1) is 12.8. The Labute approximate surface area is 161 Å². The second kappa shape index (κ2) is 8.11. The Morgan fingerprint density at radius 3 is 2.81 bits per heavy atom. The molecular weight excluding hydrogens is 343 g/mol. The fourth-order valence-corrected chi connectivity index (χ4v) is 4.40. The van der Waals surface area contributed by atoms with Gasteiger partial charge in [0, 0.05) is 43.7 Å². The van der Waals surface area contributed by atoms with Crippen LogP contribution in [0.3, 0.4) is 0 Å². The highest BCUT2D eigenvalue weighted by molar-refractivity contribution is 5.94. The number of carbonyl (C=O) groups excluding carboxylic acids is 1. The maximum atomic E-state index is 13.5. The Hall–Kier alpha value is -1.72. The summed E-state index contributed by atoms with van der Waals surface area (Å²) in [6.45, 7) is 9.71. The zero-order chi connectivity index (χ0) is 19.6. The van der Waals surface area contributed by atoms with Crippen LogP contribution < -0.4 is 0 Å². The molecule has 0 unspecified atom stereocenters. The summed E-state index contributed by atoms with van der Waals surface area (Å²) in [5.74, 6) is -0.356. The van der Waals surface area contributed by atoms with Crippen molar-refractivity contribution in [2.24, 2.45) is 5.41 Å². The molecule has 2 atom stereocenters. The third kappa shape index (κ3) is 4.41. The number of halogens is 1.